The van der Waals surface area contributed by atoms with E-state index in [1.54, 1.807) is 0 Å². The molecule has 0 aromatic rings. The molecule has 0 bridgehead atoms. The Bertz CT molecular complexity index is 478. The molecule has 0 saturated heterocycles. The Morgan fingerprint density at radius 2 is 2.04 bits per heavy atom. The number of rotatable bonds is 5. The summed E-state index contributed by atoms with van der Waals surface area (Å²) in [4.78, 5) is 0. The lowest BCUT2D eigenvalue weighted by atomic mass is 9.68. The van der Waals surface area contributed by atoms with Crippen molar-refractivity contribution in [2.75, 3.05) is 6.61 Å². The second-order valence-corrected chi connectivity index (χ2v) is 8.00. The Morgan fingerprint density at radius 3 is 2.61 bits per heavy atom. The quantitative estimate of drug-likeness (QED) is 0.758. The first-order valence-corrected chi connectivity index (χ1v) is 9.30. The van der Waals surface area contributed by atoms with E-state index < -0.39 is 6.17 Å². The molecule has 0 radical (unpaired) electrons. The van der Waals surface area contributed by atoms with Gasteiger partial charge in [0.1, 0.15) is 6.17 Å². The molecule has 0 aromatic carbocycles. The summed E-state index contributed by atoms with van der Waals surface area (Å²) in [5.41, 5.74) is 2.50. The van der Waals surface area contributed by atoms with Crippen molar-refractivity contribution in [3.8, 4) is 0 Å². The van der Waals surface area contributed by atoms with Crippen LogP contribution in [0.15, 0.2) is 23.3 Å². The van der Waals surface area contributed by atoms with E-state index in [0.29, 0.717) is 30.6 Å². The van der Waals surface area contributed by atoms with Crippen LogP contribution < -0.4 is 0 Å². The predicted molar refractivity (Wildman–Crippen MR) is 90.9 cm³/mol. The molecule has 3 aliphatic rings. The van der Waals surface area contributed by atoms with Crippen LogP contribution in [-0.2, 0) is 4.74 Å². The van der Waals surface area contributed by atoms with Crippen LogP contribution in [0.5, 0.6) is 0 Å². The van der Waals surface area contributed by atoms with E-state index in [1.807, 2.05) is 13.8 Å². The lowest BCUT2D eigenvalue weighted by Gasteiger charge is -2.40. The summed E-state index contributed by atoms with van der Waals surface area (Å²) in [7, 11) is 0. The highest BCUT2D eigenvalue weighted by atomic mass is 19.1. The highest BCUT2D eigenvalue weighted by Crippen LogP contribution is 2.50. The Morgan fingerprint density at radius 1 is 1.30 bits per heavy atom. The molecule has 5 atom stereocenters. The summed E-state index contributed by atoms with van der Waals surface area (Å²) in [6, 6.07) is 0. The molecule has 0 aliphatic heterocycles. The van der Waals surface area contributed by atoms with Crippen molar-refractivity contribution in [1.29, 1.82) is 0 Å². The fourth-order valence-electron chi connectivity index (χ4n) is 4.54. The third-order valence-corrected chi connectivity index (χ3v) is 5.75. The van der Waals surface area contributed by atoms with Gasteiger partial charge in [0, 0.05) is 0 Å². The molecule has 0 amide bonds. The number of ether oxygens (including phenoxy) is 1. The molecule has 130 valence electrons. The minimum Gasteiger partial charge on any atom is -0.392 e. The van der Waals surface area contributed by atoms with Crippen LogP contribution in [0.3, 0.4) is 0 Å². The van der Waals surface area contributed by atoms with Crippen molar-refractivity contribution in [3.05, 3.63) is 23.3 Å². The van der Waals surface area contributed by atoms with E-state index in [-0.39, 0.29) is 18.8 Å². The number of hydrogen-bond acceptors (Lipinski definition) is 2. The summed E-state index contributed by atoms with van der Waals surface area (Å²) in [5, 5.41) is 9.77. The van der Waals surface area contributed by atoms with Crippen LogP contribution in [0.4, 0.5) is 4.39 Å². The maximum absolute atomic E-state index is 13.7. The fraction of sp³-hybridized carbons (Fsp3) is 0.800. The fourth-order valence-corrected chi connectivity index (χ4v) is 4.54. The van der Waals surface area contributed by atoms with E-state index >= 15 is 0 Å². The zero-order valence-corrected chi connectivity index (χ0v) is 14.7. The van der Waals surface area contributed by atoms with Gasteiger partial charge in [0.05, 0.1) is 18.8 Å². The van der Waals surface area contributed by atoms with Gasteiger partial charge in [0.2, 0.25) is 0 Å². The first kappa shape index (κ1) is 17.2. The SMILES string of the molecule is CC(C)O[C@H]1CC(C2=CC[C@H](F)C[C@@H]2C)[C@@H](C2CC2)C=C1CO. The molecule has 23 heavy (non-hydrogen) atoms. The van der Waals surface area contributed by atoms with Gasteiger partial charge < -0.3 is 9.84 Å². The van der Waals surface area contributed by atoms with Crippen LogP contribution in [0.1, 0.15) is 52.9 Å². The molecule has 1 N–H and O–H groups in total. The normalized spacial score (nSPS) is 38.4. The average Bonchev–Trinajstić information content (AvgIpc) is 3.31. The lowest BCUT2D eigenvalue weighted by Crippen LogP contribution is -2.36. The van der Waals surface area contributed by atoms with Crippen LogP contribution in [0, 0.1) is 23.7 Å². The Kier molecular flexibility index (Phi) is 5.27. The van der Waals surface area contributed by atoms with Crippen molar-refractivity contribution in [1.82, 2.24) is 0 Å². The maximum atomic E-state index is 13.7. The molecule has 0 heterocycles. The van der Waals surface area contributed by atoms with Crippen molar-refractivity contribution in [3.63, 3.8) is 0 Å². The highest BCUT2D eigenvalue weighted by Gasteiger charge is 2.43. The second kappa shape index (κ2) is 7.06. The van der Waals surface area contributed by atoms with Gasteiger partial charge in [0.25, 0.3) is 0 Å². The van der Waals surface area contributed by atoms with Gasteiger partial charge in [0.15, 0.2) is 0 Å². The van der Waals surface area contributed by atoms with Crippen LogP contribution in [0.25, 0.3) is 0 Å². The number of hydrogen-bond donors (Lipinski definition) is 1. The van der Waals surface area contributed by atoms with Gasteiger partial charge in [-0.05, 0) is 75.2 Å². The van der Waals surface area contributed by atoms with Crippen LogP contribution in [0.2, 0.25) is 0 Å². The molecule has 0 spiro atoms. The van der Waals surface area contributed by atoms with E-state index in [0.717, 1.165) is 17.9 Å². The van der Waals surface area contributed by atoms with Gasteiger partial charge in [-0.2, -0.15) is 0 Å². The van der Waals surface area contributed by atoms with E-state index in [9.17, 15) is 9.50 Å². The van der Waals surface area contributed by atoms with E-state index in [2.05, 4.69) is 19.1 Å². The zero-order valence-electron chi connectivity index (χ0n) is 14.7. The lowest BCUT2D eigenvalue weighted by molar-refractivity contribution is 0.00183. The smallest absolute Gasteiger partial charge is 0.104 e. The number of aliphatic hydroxyl groups is 1. The first-order chi connectivity index (χ1) is 11.0. The number of allylic oxidation sites excluding steroid dienone is 3. The Hall–Kier alpha value is -0.670. The summed E-state index contributed by atoms with van der Waals surface area (Å²) < 4.78 is 19.8. The van der Waals surface area contributed by atoms with E-state index in [1.165, 1.54) is 18.4 Å². The van der Waals surface area contributed by atoms with E-state index in [4.69, 9.17) is 4.74 Å². The van der Waals surface area contributed by atoms with Gasteiger partial charge in [-0.1, -0.05) is 24.6 Å². The largest absolute Gasteiger partial charge is 0.392 e. The number of halogens is 1. The highest BCUT2D eigenvalue weighted by molar-refractivity contribution is 5.26. The summed E-state index contributed by atoms with van der Waals surface area (Å²) in [5.74, 6) is 2.05. The molecule has 3 heteroatoms. The van der Waals surface area contributed by atoms with Crippen molar-refractivity contribution >= 4 is 0 Å². The monoisotopic (exact) mass is 322 g/mol. The first-order valence-electron chi connectivity index (χ1n) is 9.30. The molecule has 3 aliphatic carbocycles. The zero-order chi connectivity index (χ0) is 16.6. The number of aliphatic hydroxyl groups excluding tert-OH is 1. The third-order valence-electron chi connectivity index (χ3n) is 5.75. The van der Waals surface area contributed by atoms with Crippen molar-refractivity contribution < 1.29 is 14.2 Å². The van der Waals surface area contributed by atoms with Crippen LogP contribution in [-0.4, -0.2) is 30.1 Å². The maximum Gasteiger partial charge on any atom is 0.104 e. The van der Waals surface area contributed by atoms with Gasteiger partial charge in [-0.15, -0.1) is 0 Å². The molecule has 1 saturated carbocycles. The summed E-state index contributed by atoms with van der Waals surface area (Å²) in [6.45, 7) is 6.36. The second-order valence-electron chi connectivity index (χ2n) is 8.00. The Labute approximate surface area is 139 Å². The molecule has 2 nitrogen and oxygen atoms in total. The third kappa shape index (κ3) is 3.88. The predicted octanol–water partition coefficient (Wildman–Crippen LogP) is 4.44. The molecule has 1 fully saturated rings. The standard InChI is InChI=1S/C20H31FO2/c1-12(2)23-20-10-19(17-7-6-16(21)8-13(17)3)18(14-4-5-14)9-15(20)11-22/h7,9,12-14,16,18-20,22H,4-6,8,10-11H2,1-3H3/t13-,16-,18+,19?,20-/m0/s1. The topological polar surface area (TPSA) is 29.5 Å². The van der Waals surface area contributed by atoms with Crippen molar-refractivity contribution in [2.45, 2.75) is 71.3 Å². The van der Waals surface area contributed by atoms with Crippen molar-refractivity contribution in [2.24, 2.45) is 23.7 Å². The Balaban J connectivity index is 1.86. The summed E-state index contributed by atoms with van der Waals surface area (Å²) in [6.07, 6.45) is 8.71. The molecule has 1 unspecified atom stereocenters. The minimum atomic E-state index is -0.678. The van der Waals surface area contributed by atoms with Crippen LogP contribution >= 0.6 is 0 Å². The molecule has 3 rings (SSSR count). The minimum absolute atomic E-state index is 0.0104. The van der Waals surface area contributed by atoms with Gasteiger partial charge in [-0.25, -0.2) is 4.39 Å². The molecular formula is C20H31FO2. The average molecular weight is 322 g/mol. The summed E-state index contributed by atoms with van der Waals surface area (Å²) >= 11 is 0. The number of alkyl halides is 1. The van der Waals surface area contributed by atoms with Gasteiger partial charge >= 0.3 is 0 Å². The van der Waals surface area contributed by atoms with Gasteiger partial charge in [-0.3, -0.25) is 0 Å². The molecular weight excluding hydrogens is 291 g/mol. The molecule has 0 aromatic heterocycles.